The summed E-state index contributed by atoms with van der Waals surface area (Å²) < 4.78 is 18.3. The molecule has 4 N–H and O–H groups in total. The van der Waals surface area contributed by atoms with Gasteiger partial charge in [0.05, 0.1) is 12.8 Å². The number of hydrazone groups is 1. The summed E-state index contributed by atoms with van der Waals surface area (Å²) in [5, 5.41) is 19.4. The Morgan fingerprint density at radius 1 is 1.61 bits per heavy atom. The largest absolute Gasteiger partial charge is 0.494 e. The van der Waals surface area contributed by atoms with E-state index in [1.807, 2.05) is 0 Å². The van der Waals surface area contributed by atoms with Gasteiger partial charge >= 0.3 is 0 Å². The van der Waals surface area contributed by atoms with E-state index in [0.717, 1.165) is 0 Å². The average molecular weight is 249 g/mol. The Balaban J connectivity index is 3.10. The van der Waals surface area contributed by atoms with E-state index in [4.69, 9.17) is 21.1 Å². The molecule has 0 amide bonds. The maximum Gasteiger partial charge on any atom is 0.201 e. The van der Waals surface area contributed by atoms with E-state index in [9.17, 15) is 4.39 Å². The number of anilines is 1. The molecule has 1 aromatic rings. The van der Waals surface area contributed by atoms with E-state index in [0.29, 0.717) is 11.3 Å². The van der Waals surface area contributed by atoms with Crippen molar-refractivity contribution in [1.29, 1.82) is 10.7 Å². The number of rotatable bonds is 4. The Bertz CT molecular complexity index is 547. The van der Waals surface area contributed by atoms with Gasteiger partial charge in [-0.15, -0.1) is 0 Å². The number of benzene rings is 1. The van der Waals surface area contributed by atoms with Crippen molar-refractivity contribution in [3.63, 3.8) is 0 Å². The van der Waals surface area contributed by atoms with Gasteiger partial charge in [0, 0.05) is 5.56 Å². The predicted octanol–water partition coefficient (Wildman–Crippen LogP) is 1.37. The second-order valence-corrected chi connectivity index (χ2v) is 3.35. The number of ether oxygens (including phenoxy) is 1. The Morgan fingerprint density at radius 3 is 2.78 bits per heavy atom. The van der Waals surface area contributed by atoms with E-state index < -0.39 is 11.7 Å². The van der Waals surface area contributed by atoms with Crippen molar-refractivity contribution in [2.45, 2.75) is 6.92 Å². The van der Waals surface area contributed by atoms with Crippen molar-refractivity contribution in [1.82, 2.24) is 0 Å². The number of nitrogens with one attached hydrogen (secondary N) is 2. The average Bonchev–Trinajstić information content (AvgIpc) is 2.34. The lowest BCUT2D eigenvalue weighted by Crippen LogP contribution is -2.21. The van der Waals surface area contributed by atoms with Crippen LogP contribution >= 0.6 is 0 Å². The summed E-state index contributed by atoms with van der Waals surface area (Å²) in [5.41, 5.74) is 8.09. The highest BCUT2D eigenvalue weighted by atomic mass is 19.1. The van der Waals surface area contributed by atoms with E-state index in [2.05, 4.69) is 10.5 Å². The van der Waals surface area contributed by atoms with Crippen molar-refractivity contribution >= 4 is 17.2 Å². The Kier molecular flexibility index (Phi) is 4.21. The highest BCUT2D eigenvalue weighted by molar-refractivity contribution is 6.45. The topological polar surface area (TPSA) is 107 Å². The second kappa shape index (κ2) is 5.63. The highest BCUT2D eigenvalue weighted by Gasteiger charge is 2.10. The summed E-state index contributed by atoms with van der Waals surface area (Å²) in [4.78, 5) is 0. The van der Waals surface area contributed by atoms with Gasteiger partial charge in [-0.05, 0) is 19.1 Å². The predicted molar refractivity (Wildman–Crippen MR) is 66.3 cm³/mol. The van der Waals surface area contributed by atoms with Crippen molar-refractivity contribution in [3.8, 4) is 11.8 Å². The molecule has 0 aliphatic rings. The molecule has 94 valence electrons. The van der Waals surface area contributed by atoms with Gasteiger partial charge < -0.3 is 10.5 Å². The van der Waals surface area contributed by atoms with Crippen LogP contribution in [-0.4, -0.2) is 18.7 Å². The van der Waals surface area contributed by atoms with Crippen LogP contribution in [0.15, 0.2) is 17.2 Å². The minimum atomic E-state index is -0.456. The lowest BCUT2D eigenvalue weighted by molar-refractivity contribution is 0.409. The van der Waals surface area contributed by atoms with Gasteiger partial charge in [0.15, 0.2) is 5.84 Å². The minimum Gasteiger partial charge on any atom is -0.494 e. The van der Waals surface area contributed by atoms with Crippen LogP contribution in [0, 0.1) is 29.5 Å². The molecule has 6 nitrogen and oxygen atoms in total. The van der Waals surface area contributed by atoms with E-state index >= 15 is 0 Å². The fourth-order valence-electron chi connectivity index (χ4n) is 1.28. The third-order valence-electron chi connectivity index (χ3n) is 2.19. The SMILES string of the molecule is COc1c(N/N=C(\C#N)C(=N)N)ccc(F)c1C. The van der Waals surface area contributed by atoms with Crippen LogP contribution in [0.1, 0.15) is 5.56 Å². The molecule has 0 aliphatic heterocycles. The fraction of sp³-hybridized carbons (Fsp3) is 0.182. The molecule has 7 heteroatoms. The Labute approximate surface area is 103 Å². The molecule has 0 radical (unpaired) electrons. The van der Waals surface area contributed by atoms with Crippen LogP contribution in [0.25, 0.3) is 0 Å². The van der Waals surface area contributed by atoms with E-state index in [1.165, 1.54) is 19.2 Å². The van der Waals surface area contributed by atoms with Gasteiger partial charge in [0.25, 0.3) is 0 Å². The minimum absolute atomic E-state index is 0.265. The number of hydrogen-bond donors (Lipinski definition) is 3. The van der Waals surface area contributed by atoms with Crippen LogP contribution in [0.2, 0.25) is 0 Å². The molecule has 0 fully saturated rings. The van der Waals surface area contributed by atoms with Crippen molar-refractivity contribution in [2.24, 2.45) is 10.8 Å². The van der Waals surface area contributed by atoms with Gasteiger partial charge in [0.1, 0.15) is 17.6 Å². The smallest absolute Gasteiger partial charge is 0.201 e. The van der Waals surface area contributed by atoms with Crippen molar-refractivity contribution in [2.75, 3.05) is 12.5 Å². The van der Waals surface area contributed by atoms with Gasteiger partial charge in [0.2, 0.25) is 5.71 Å². The number of amidine groups is 1. The quantitative estimate of drug-likeness (QED) is 0.425. The Hall–Kier alpha value is -2.62. The molecule has 0 saturated carbocycles. The molecule has 0 aliphatic carbocycles. The summed E-state index contributed by atoms with van der Waals surface area (Å²) in [6.07, 6.45) is 0. The molecular weight excluding hydrogens is 237 g/mol. The summed E-state index contributed by atoms with van der Waals surface area (Å²) in [6.45, 7) is 1.55. The Morgan fingerprint density at radius 2 is 2.28 bits per heavy atom. The number of nitrogens with two attached hydrogens (primary N) is 1. The highest BCUT2D eigenvalue weighted by Crippen LogP contribution is 2.30. The summed E-state index contributed by atoms with van der Waals surface area (Å²) in [5.74, 6) is -0.587. The molecule has 0 heterocycles. The van der Waals surface area contributed by atoms with Crippen molar-refractivity contribution in [3.05, 3.63) is 23.5 Å². The lowest BCUT2D eigenvalue weighted by atomic mass is 10.2. The molecule has 1 rings (SSSR count). The molecule has 0 unspecified atom stereocenters. The van der Waals surface area contributed by atoms with Crippen LogP contribution in [-0.2, 0) is 0 Å². The summed E-state index contributed by atoms with van der Waals surface area (Å²) in [7, 11) is 1.40. The number of nitrogens with zero attached hydrogens (tertiary/aromatic N) is 2. The van der Waals surface area contributed by atoms with Gasteiger partial charge in [-0.1, -0.05) is 0 Å². The monoisotopic (exact) mass is 249 g/mol. The number of methoxy groups -OCH3 is 1. The summed E-state index contributed by atoms with van der Waals surface area (Å²) in [6, 6.07) is 4.32. The van der Waals surface area contributed by atoms with Crippen LogP contribution in [0.4, 0.5) is 10.1 Å². The zero-order valence-electron chi connectivity index (χ0n) is 9.91. The maximum atomic E-state index is 13.3. The third kappa shape index (κ3) is 2.74. The standard InChI is InChI=1S/C11H12FN5O/c1-6-7(12)3-4-8(10(6)18-2)16-17-9(5-13)11(14)15/h3-4,16H,1-2H3,(H3,14,15)/b17-9+. The number of hydrogen-bond acceptors (Lipinski definition) is 5. The zero-order valence-corrected chi connectivity index (χ0v) is 9.91. The molecule has 0 aromatic heterocycles. The molecular formula is C11H12FN5O. The first-order valence-corrected chi connectivity index (χ1v) is 4.92. The van der Waals surface area contributed by atoms with E-state index in [-0.39, 0.29) is 11.5 Å². The fourth-order valence-corrected chi connectivity index (χ4v) is 1.28. The van der Waals surface area contributed by atoms with Crippen LogP contribution in [0.5, 0.6) is 5.75 Å². The normalized spacial score (nSPS) is 10.7. The second-order valence-electron chi connectivity index (χ2n) is 3.35. The van der Waals surface area contributed by atoms with Crippen molar-refractivity contribution < 1.29 is 9.13 Å². The van der Waals surface area contributed by atoms with Gasteiger partial charge in [-0.2, -0.15) is 10.4 Å². The van der Waals surface area contributed by atoms with E-state index in [1.54, 1.807) is 13.0 Å². The molecule has 18 heavy (non-hydrogen) atoms. The van der Waals surface area contributed by atoms with Crippen LogP contribution < -0.4 is 15.9 Å². The first-order valence-electron chi connectivity index (χ1n) is 4.92. The molecule has 1 aromatic carbocycles. The summed E-state index contributed by atoms with van der Waals surface area (Å²) >= 11 is 0. The molecule has 0 spiro atoms. The maximum absolute atomic E-state index is 13.3. The van der Waals surface area contributed by atoms with Crippen LogP contribution in [0.3, 0.4) is 0 Å². The zero-order chi connectivity index (χ0) is 13.7. The lowest BCUT2D eigenvalue weighted by Gasteiger charge is -2.11. The number of nitriles is 1. The number of halogens is 1. The molecule has 0 atom stereocenters. The molecule has 0 bridgehead atoms. The van der Waals surface area contributed by atoms with Gasteiger partial charge in [-0.25, -0.2) is 4.39 Å². The third-order valence-corrected chi connectivity index (χ3v) is 2.19. The first kappa shape index (κ1) is 13.4. The van der Waals surface area contributed by atoms with Gasteiger partial charge in [-0.3, -0.25) is 10.8 Å². The first-order chi connectivity index (χ1) is 8.51. The molecule has 0 saturated heterocycles.